The molecule has 1 unspecified atom stereocenters. The third-order valence-electron chi connectivity index (χ3n) is 2.34. The molecule has 0 heterocycles. The van der Waals surface area contributed by atoms with Gasteiger partial charge in [-0.05, 0) is 6.92 Å². The number of hydrogen-bond acceptors (Lipinski definition) is 8. The van der Waals surface area contributed by atoms with E-state index < -0.39 is 6.29 Å². The van der Waals surface area contributed by atoms with Gasteiger partial charge in [0, 0.05) is 6.61 Å². The SMILES string of the molecule is CCOC(O)COCCOCCOCCOCCOCCO. The van der Waals surface area contributed by atoms with Gasteiger partial charge in [-0.2, -0.15) is 0 Å². The van der Waals surface area contributed by atoms with E-state index in [1.165, 1.54) is 0 Å². The van der Waals surface area contributed by atoms with Gasteiger partial charge in [-0.1, -0.05) is 0 Å². The molecule has 0 aromatic rings. The number of aliphatic hydroxyl groups excluding tert-OH is 2. The van der Waals surface area contributed by atoms with Crippen LogP contribution in [0.5, 0.6) is 0 Å². The molecule has 8 nitrogen and oxygen atoms in total. The lowest BCUT2D eigenvalue weighted by molar-refractivity contribution is -0.138. The molecule has 0 saturated heterocycles. The van der Waals surface area contributed by atoms with Gasteiger partial charge in [-0.25, -0.2) is 0 Å². The monoisotopic (exact) mass is 326 g/mol. The fourth-order valence-electron chi connectivity index (χ4n) is 1.37. The molecule has 2 N–H and O–H groups in total. The van der Waals surface area contributed by atoms with Crippen LogP contribution in [0.2, 0.25) is 0 Å². The molecule has 0 saturated carbocycles. The van der Waals surface area contributed by atoms with Crippen molar-refractivity contribution in [2.75, 3.05) is 79.3 Å². The topological polar surface area (TPSA) is 95.8 Å². The highest BCUT2D eigenvalue weighted by Crippen LogP contribution is 1.89. The summed E-state index contributed by atoms with van der Waals surface area (Å²) in [5.41, 5.74) is 0. The van der Waals surface area contributed by atoms with Crippen LogP contribution >= 0.6 is 0 Å². The zero-order chi connectivity index (χ0) is 16.3. The van der Waals surface area contributed by atoms with Gasteiger partial charge in [-0.15, -0.1) is 0 Å². The lowest BCUT2D eigenvalue weighted by atomic mass is 10.6. The molecule has 0 fully saturated rings. The van der Waals surface area contributed by atoms with Crippen LogP contribution in [-0.2, 0) is 28.4 Å². The van der Waals surface area contributed by atoms with Gasteiger partial charge in [0.2, 0.25) is 0 Å². The smallest absolute Gasteiger partial charge is 0.178 e. The van der Waals surface area contributed by atoms with Crippen LogP contribution in [-0.4, -0.2) is 95.8 Å². The van der Waals surface area contributed by atoms with Crippen molar-refractivity contribution >= 4 is 0 Å². The van der Waals surface area contributed by atoms with Crippen molar-refractivity contribution in [1.29, 1.82) is 0 Å². The molecule has 0 radical (unpaired) electrons. The van der Waals surface area contributed by atoms with E-state index in [0.29, 0.717) is 66.1 Å². The van der Waals surface area contributed by atoms with E-state index in [1.807, 2.05) is 6.92 Å². The van der Waals surface area contributed by atoms with E-state index in [9.17, 15) is 5.11 Å². The van der Waals surface area contributed by atoms with E-state index >= 15 is 0 Å². The molecule has 0 rings (SSSR count). The van der Waals surface area contributed by atoms with Gasteiger partial charge in [-0.3, -0.25) is 0 Å². The second kappa shape index (κ2) is 18.7. The van der Waals surface area contributed by atoms with Crippen LogP contribution in [0.3, 0.4) is 0 Å². The molecule has 0 bridgehead atoms. The molecule has 0 aliphatic carbocycles. The van der Waals surface area contributed by atoms with Crippen LogP contribution in [0.25, 0.3) is 0 Å². The van der Waals surface area contributed by atoms with Crippen molar-refractivity contribution in [2.45, 2.75) is 13.2 Å². The second-order valence-electron chi connectivity index (χ2n) is 4.16. The summed E-state index contributed by atoms with van der Waals surface area (Å²) in [4.78, 5) is 0. The highest BCUT2D eigenvalue weighted by molar-refractivity contribution is 4.38. The Balaban J connectivity index is 3.00. The Kier molecular flexibility index (Phi) is 18.5. The summed E-state index contributed by atoms with van der Waals surface area (Å²) in [6.07, 6.45) is -0.873. The van der Waals surface area contributed by atoms with Crippen LogP contribution < -0.4 is 0 Å². The first kappa shape index (κ1) is 21.7. The predicted octanol–water partition coefficient (Wildman–Crippen LogP) is -0.583. The maximum Gasteiger partial charge on any atom is 0.178 e. The average Bonchev–Trinajstić information content (AvgIpc) is 2.51. The maximum atomic E-state index is 9.21. The molecule has 0 aliphatic heterocycles. The summed E-state index contributed by atoms with van der Waals surface area (Å²) in [5, 5.41) is 17.7. The fraction of sp³-hybridized carbons (Fsp3) is 1.00. The molecule has 0 spiro atoms. The van der Waals surface area contributed by atoms with Crippen molar-refractivity contribution in [3.05, 3.63) is 0 Å². The van der Waals surface area contributed by atoms with E-state index in [-0.39, 0.29) is 13.2 Å². The average molecular weight is 326 g/mol. The Hall–Kier alpha value is -0.320. The van der Waals surface area contributed by atoms with Crippen molar-refractivity contribution in [2.24, 2.45) is 0 Å². The van der Waals surface area contributed by atoms with E-state index in [0.717, 1.165) is 0 Å². The first-order valence-corrected chi connectivity index (χ1v) is 7.60. The Labute approximate surface area is 132 Å². The summed E-state index contributed by atoms with van der Waals surface area (Å²) in [5.74, 6) is 0. The number of hydrogen-bond donors (Lipinski definition) is 2. The van der Waals surface area contributed by atoms with Crippen LogP contribution in [0.15, 0.2) is 0 Å². The predicted molar refractivity (Wildman–Crippen MR) is 78.8 cm³/mol. The highest BCUT2D eigenvalue weighted by atomic mass is 16.6. The standard InChI is InChI=1S/C14H30O8/c1-2-22-14(16)13-21-12-11-20-10-9-19-8-7-18-6-5-17-4-3-15/h14-16H,2-13H2,1H3. The molecule has 22 heavy (non-hydrogen) atoms. The number of rotatable bonds is 18. The van der Waals surface area contributed by atoms with Gasteiger partial charge in [0.1, 0.15) is 0 Å². The largest absolute Gasteiger partial charge is 0.394 e. The summed E-state index contributed by atoms with van der Waals surface area (Å²) >= 11 is 0. The van der Waals surface area contributed by atoms with Gasteiger partial charge in [0.05, 0.1) is 72.7 Å². The van der Waals surface area contributed by atoms with Crippen LogP contribution in [0.1, 0.15) is 6.92 Å². The molecule has 1 atom stereocenters. The maximum absolute atomic E-state index is 9.21. The Morgan fingerprint density at radius 3 is 1.50 bits per heavy atom. The molecule has 0 aromatic heterocycles. The Bertz CT molecular complexity index is 205. The Morgan fingerprint density at radius 1 is 0.682 bits per heavy atom. The van der Waals surface area contributed by atoms with Crippen LogP contribution in [0.4, 0.5) is 0 Å². The van der Waals surface area contributed by atoms with Crippen LogP contribution in [0, 0.1) is 0 Å². The van der Waals surface area contributed by atoms with Gasteiger partial charge in [0.15, 0.2) is 6.29 Å². The lowest BCUT2D eigenvalue weighted by Crippen LogP contribution is -2.20. The third-order valence-corrected chi connectivity index (χ3v) is 2.34. The molecule has 0 aliphatic rings. The first-order valence-electron chi connectivity index (χ1n) is 7.60. The molecular weight excluding hydrogens is 296 g/mol. The minimum atomic E-state index is -0.873. The van der Waals surface area contributed by atoms with Crippen molar-refractivity contribution < 1.29 is 38.6 Å². The summed E-state index contributed by atoms with van der Waals surface area (Å²) in [7, 11) is 0. The van der Waals surface area contributed by atoms with Gasteiger partial charge >= 0.3 is 0 Å². The third kappa shape index (κ3) is 17.7. The normalized spacial score (nSPS) is 12.7. The number of ether oxygens (including phenoxy) is 6. The molecule has 8 heteroatoms. The fourth-order valence-corrected chi connectivity index (χ4v) is 1.37. The lowest BCUT2D eigenvalue weighted by Gasteiger charge is -2.11. The summed E-state index contributed by atoms with van der Waals surface area (Å²) in [6.45, 7) is 6.57. The van der Waals surface area contributed by atoms with Gasteiger partial charge in [0.25, 0.3) is 0 Å². The minimum Gasteiger partial charge on any atom is -0.394 e. The Morgan fingerprint density at radius 2 is 1.09 bits per heavy atom. The van der Waals surface area contributed by atoms with E-state index in [1.54, 1.807) is 0 Å². The molecule has 0 amide bonds. The highest BCUT2D eigenvalue weighted by Gasteiger charge is 2.01. The number of aliphatic hydroxyl groups is 2. The molecular formula is C14H30O8. The van der Waals surface area contributed by atoms with Crippen molar-refractivity contribution in [3.8, 4) is 0 Å². The van der Waals surface area contributed by atoms with Crippen molar-refractivity contribution in [1.82, 2.24) is 0 Å². The van der Waals surface area contributed by atoms with E-state index in [2.05, 4.69) is 0 Å². The minimum absolute atomic E-state index is 0.0290. The van der Waals surface area contributed by atoms with Gasteiger partial charge < -0.3 is 38.6 Å². The van der Waals surface area contributed by atoms with Crippen molar-refractivity contribution in [3.63, 3.8) is 0 Å². The molecule has 0 aromatic carbocycles. The summed E-state index contributed by atoms with van der Waals surface area (Å²) < 4.78 is 30.9. The van der Waals surface area contributed by atoms with E-state index in [4.69, 9.17) is 33.5 Å². The zero-order valence-electron chi connectivity index (χ0n) is 13.4. The quantitative estimate of drug-likeness (QED) is 0.255. The first-order chi connectivity index (χ1) is 10.8. The summed E-state index contributed by atoms with van der Waals surface area (Å²) in [6, 6.07) is 0. The second-order valence-corrected chi connectivity index (χ2v) is 4.16. The zero-order valence-corrected chi connectivity index (χ0v) is 13.4. The molecule has 134 valence electrons.